The van der Waals surface area contributed by atoms with Crippen molar-refractivity contribution in [3.05, 3.63) is 18.3 Å². The number of nitrogens with zero attached hydrogens (tertiary/aromatic N) is 4. The number of carbonyl (C=O) groups excluding carboxylic acids is 1. The van der Waals surface area contributed by atoms with Crippen molar-refractivity contribution < 1.29 is 9.53 Å². The molecule has 0 aromatic carbocycles. The third-order valence-corrected chi connectivity index (χ3v) is 3.03. The summed E-state index contributed by atoms with van der Waals surface area (Å²) in [6.07, 6.45) is 5.16. The summed E-state index contributed by atoms with van der Waals surface area (Å²) < 4.78 is 7.47. The van der Waals surface area contributed by atoms with Gasteiger partial charge in [-0.15, -0.1) is 0 Å². The SMILES string of the molecule is Cc1ncnc2c1ncn2C1CCC(C=O)O1. The van der Waals surface area contributed by atoms with Crippen LogP contribution in [0.2, 0.25) is 0 Å². The fraction of sp³-hybridized carbons (Fsp3) is 0.455. The largest absolute Gasteiger partial charge is 0.347 e. The molecule has 0 bridgehead atoms. The van der Waals surface area contributed by atoms with E-state index < -0.39 is 0 Å². The van der Waals surface area contributed by atoms with Gasteiger partial charge in [-0.3, -0.25) is 4.57 Å². The zero-order chi connectivity index (χ0) is 11.8. The monoisotopic (exact) mass is 232 g/mol. The Morgan fingerprint density at radius 1 is 1.41 bits per heavy atom. The second kappa shape index (κ2) is 3.89. The Morgan fingerprint density at radius 3 is 3.06 bits per heavy atom. The Balaban J connectivity index is 2.01. The highest BCUT2D eigenvalue weighted by molar-refractivity contribution is 5.72. The van der Waals surface area contributed by atoms with Gasteiger partial charge in [0.1, 0.15) is 30.5 Å². The predicted octanol–water partition coefficient (Wildman–Crippen LogP) is 1.01. The molecule has 0 N–H and O–H groups in total. The van der Waals surface area contributed by atoms with Gasteiger partial charge in [0.15, 0.2) is 5.65 Å². The standard InChI is InChI=1S/C11H12N4O2/c1-7-10-11(13-5-12-7)15(6-14-10)9-3-2-8(4-16)17-9/h4-6,8-9H,2-3H2,1H3. The van der Waals surface area contributed by atoms with Crippen molar-refractivity contribution in [3.8, 4) is 0 Å². The number of rotatable bonds is 2. The smallest absolute Gasteiger partial charge is 0.165 e. The topological polar surface area (TPSA) is 69.9 Å². The van der Waals surface area contributed by atoms with Crippen LogP contribution in [-0.4, -0.2) is 31.9 Å². The molecule has 3 rings (SSSR count). The first-order valence-electron chi connectivity index (χ1n) is 5.54. The Labute approximate surface area is 97.7 Å². The molecule has 0 radical (unpaired) electrons. The van der Waals surface area contributed by atoms with Gasteiger partial charge in [-0.05, 0) is 19.8 Å². The number of carbonyl (C=O) groups is 1. The van der Waals surface area contributed by atoms with Crippen LogP contribution in [-0.2, 0) is 9.53 Å². The minimum atomic E-state index is -0.305. The molecule has 0 aliphatic carbocycles. The summed E-state index contributed by atoms with van der Waals surface area (Å²) >= 11 is 0. The lowest BCUT2D eigenvalue weighted by Crippen LogP contribution is -2.11. The van der Waals surface area contributed by atoms with Gasteiger partial charge in [0.05, 0.1) is 12.0 Å². The molecule has 1 fully saturated rings. The zero-order valence-corrected chi connectivity index (χ0v) is 9.41. The molecule has 2 aromatic heterocycles. The van der Waals surface area contributed by atoms with Gasteiger partial charge in [-0.25, -0.2) is 15.0 Å². The maximum absolute atomic E-state index is 10.7. The van der Waals surface area contributed by atoms with E-state index >= 15 is 0 Å². The van der Waals surface area contributed by atoms with E-state index in [4.69, 9.17) is 4.74 Å². The highest BCUT2D eigenvalue weighted by Crippen LogP contribution is 2.29. The Hall–Kier alpha value is -1.82. The van der Waals surface area contributed by atoms with Crippen molar-refractivity contribution in [2.24, 2.45) is 0 Å². The van der Waals surface area contributed by atoms with E-state index in [1.54, 1.807) is 6.33 Å². The molecule has 88 valence electrons. The lowest BCUT2D eigenvalue weighted by molar-refractivity contribution is -0.119. The maximum atomic E-state index is 10.7. The summed E-state index contributed by atoms with van der Waals surface area (Å²) in [6, 6.07) is 0. The number of aromatic nitrogens is 4. The van der Waals surface area contributed by atoms with Crippen molar-refractivity contribution in [3.63, 3.8) is 0 Å². The molecular formula is C11H12N4O2. The molecule has 2 aromatic rings. The highest BCUT2D eigenvalue weighted by atomic mass is 16.5. The molecule has 1 aliphatic rings. The Bertz CT molecular complexity index is 566. The summed E-state index contributed by atoms with van der Waals surface area (Å²) in [5.74, 6) is 0. The van der Waals surface area contributed by atoms with Gasteiger partial charge >= 0.3 is 0 Å². The number of ether oxygens (including phenoxy) is 1. The number of hydrogen-bond donors (Lipinski definition) is 0. The zero-order valence-electron chi connectivity index (χ0n) is 9.41. The number of imidazole rings is 1. The van der Waals surface area contributed by atoms with Crippen LogP contribution in [0.25, 0.3) is 11.2 Å². The van der Waals surface area contributed by atoms with Gasteiger partial charge in [-0.1, -0.05) is 0 Å². The molecule has 2 atom stereocenters. The normalized spacial score (nSPS) is 24.3. The minimum absolute atomic E-state index is 0.149. The lowest BCUT2D eigenvalue weighted by Gasteiger charge is -2.12. The molecule has 0 amide bonds. The summed E-state index contributed by atoms with van der Waals surface area (Å²) in [6.45, 7) is 1.89. The fourth-order valence-electron chi connectivity index (χ4n) is 2.13. The molecule has 3 heterocycles. The summed E-state index contributed by atoms with van der Waals surface area (Å²) in [7, 11) is 0. The molecule has 17 heavy (non-hydrogen) atoms. The van der Waals surface area contributed by atoms with Crippen LogP contribution in [0.1, 0.15) is 24.8 Å². The third kappa shape index (κ3) is 1.61. The number of fused-ring (bicyclic) bond motifs is 1. The van der Waals surface area contributed by atoms with Crippen LogP contribution in [0.4, 0.5) is 0 Å². The molecule has 1 aliphatic heterocycles. The number of aryl methyl sites for hydroxylation is 1. The van der Waals surface area contributed by atoms with Crippen molar-refractivity contribution in [2.75, 3.05) is 0 Å². The average molecular weight is 232 g/mol. The summed E-state index contributed by atoms with van der Waals surface area (Å²) in [5, 5.41) is 0. The summed E-state index contributed by atoms with van der Waals surface area (Å²) in [4.78, 5) is 23.3. The molecule has 0 saturated carbocycles. The van der Waals surface area contributed by atoms with Gasteiger partial charge in [0.2, 0.25) is 0 Å². The molecule has 2 unspecified atom stereocenters. The van der Waals surface area contributed by atoms with Crippen LogP contribution < -0.4 is 0 Å². The van der Waals surface area contributed by atoms with E-state index in [0.29, 0.717) is 0 Å². The van der Waals surface area contributed by atoms with Crippen molar-refractivity contribution in [1.82, 2.24) is 19.5 Å². The van der Waals surface area contributed by atoms with Gasteiger partial charge in [0, 0.05) is 0 Å². The van der Waals surface area contributed by atoms with Crippen LogP contribution in [0.3, 0.4) is 0 Å². The number of aldehydes is 1. The van der Waals surface area contributed by atoms with Crippen LogP contribution in [0.15, 0.2) is 12.7 Å². The van der Waals surface area contributed by atoms with Crippen molar-refractivity contribution >= 4 is 17.5 Å². The molecule has 0 spiro atoms. The second-order valence-corrected chi connectivity index (χ2v) is 4.13. The summed E-state index contributed by atoms with van der Waals surface area (Å²) in [5.41, 5.74) is 2.39. The van der Waals surface area contributed by atoms with Crippen LogP contribution in [0, 0.1) is 6.92 Å². The van der Waals surface area contributed by atoms with Crippen molar-refractivity contribution in [2.45, 2.75) is 32.1 Å². The van der Waals surface area contributed by atoms with E-state index in [0.717, 1.165) is 36.0 Å². The lowest BCUT2D eigenvalue weighted by atomic mass is 10.2. The molecule has 6 nitrogen and oxygen atoms in total. The first kappa shape index (κ1) is 10.3. The third-order valence-electron chi connectivity index (χ3n) is 3.03. The second-order valence-electron chi connectivity index (χ2n) is 4.13. The van der Waals surface area contributed by atoms with E-state index in [1.807, 2.05) is 11.5 Å². The molecule has 6 heteroatoms. The Kier molecular flexibility index (Phi) is 2.36. The van der Waals surface area contributed by atoms with Crippen LogP contribution >= 0.6 is 0 Å². The van der Waals surface area contributed by atoms with E-state index in [1.165, 1.54) is 6.33 Å². The van der Waals surface area contributed by atoms with E-state index in [2.05, 4.69) is 15.0 Å². The first-order valence-corrected chi connectivity index (χ1v) is 5.54. The van der Waals surface area contributed by atoms with Gasteiger partial charge in [-0.2, -0.15) is 0 Å². The van der Waals surface area contributed by atoms with Gasteiger partial charge in [0.25, 0.3) is 0 Å². The molecular weight excluding hydrogens is 220 g/mol. The van der Waals surface area contributed by atoms with Crippen LogP contribution in [0.5, 0.6) is 0 Å². The first-order chi connectivity index (χ1) is 8.29. The van der Waals surface area contributed by atoms with Crippen molar-refractivity contribution in [1.29, 1.82) is 0 Å². The molecule has 1 saturated heterocycles. The van der Waals surface area contributed by atoms with E-state index in [9.17, 15) is 4.79 Å². The predicted molar refractivity (Wildman–Crippen MR) is 59.3 cm³/mol. The number of hydrogen-bond acceptors (Lipinski definition) is 5. The maximum Gasteiger partial charge on any atom is 0.165 e. The van der Waals surface area contributed by atoms with Gasteiger partial charge < -0.3 is 9.53 Å². The minimum Gasteiger partial charge on any atom is -0.347 e. The Morgan fingerprint density at radius 2 is 2.29 bits per heavy atom. The average Bonchev–Trinajstić information content (AvgIpc) is 2.94. The quantitative estimate of drug-likeness (QED) is 0.723. The fourth-order valence-corrected chi connectivity index (χ4v) is 2.13. The highest BCUT2D eigenvalue weighted by Gasteiger charge is 2.27. The van der Waals surface area contributed by atoms with E-state index in [-0.39, 0.29) is 12.3 Å².